The summed E-state index contributed by atoms with van der Waals surface area (Å²) in [6.07, 6.45) is 0. The van der Waals surface area contributed by atoms with Crippen LogP contribution in [0.3, 0.4) is 0 Å². The molecular formula is C15H23N3O. The van der Waals surface area contributed by atoms with Crippen molar-refractivity contribution in [1.29, 1.82) is 0 Å². The molecule has 0 unspecified atom stereocenters. The highest BCUT2D eigenvalue weighted by Gasteiger charge is 2.21. The normalized spacial score (nSPS) is 16.9. The zero-order valence-electron chi connectivity index (χ0n) is 11.8. The first-order valence-electron chi connectivity index (χ1n) is 6.94. The molecule has 0 atom stereocenters. The number of carbonyl (C=O) groups excluding carboxylic acids is 1. The lowest BCUT2D eigenvalue weighted by atomic mass is 10.1. The molecule has 0 aliphatic carbocycles. The molecule has 0 saturated carbocycles. The first-order chi connectivity index (χ1) is 9.13. The minimum Gasteiger partial charge on any atom is -0.368 e. The van der Waals surface area contributed by atoms with Crippen molar-refractivity contribution in [2.45, 2.75) is 19.9 Å². The second-order valence-electron chi connectivity index (χ2n) is 5.26. The van der Waals surface area contributed by atoms with E-state index in [1.165, 1.54) is 0 Å². The summed E-state index contributed by atoms with van der Waals surface area (Å²) in [5.41, 5.74) is 7.27. The molecule has 19 heavy (non-hydrogen) atoms. The molecule has 4 nitrogen and oxygen atoms in total. The van der Waals surface area contributed by atoms with Crippen LogP contribution in [0, 0.1) is 0 Å². The van der Waals surface area contributed by atoms with Gasteiger partial charge in [0, 0.05) is 43.5 Å². The third-order valence-electron chi connectivity index (χ3n) is 3.78. The van der Waals surface area contributed by atoms with E-state index in [0.29, 0.717) is 6.04 Å². The summed E-state index contributed by atoms with van der Waals surface area (Å²) in [6, 6.07) is 8.37. The van der Waals surface area contributed by atoms with E-state index < -0.39 is 0 Å². The zero-order valence-corrected chi connectivity index (χ0v) is 11.8. The molecule has 0 aromatic heterocycles. The van der Waals surface area contributed by atoms with Crippen LogP contribution < -0.4 is 10.6 Å². The number of Topliss-reactive ketones (excluding diaryl/α,β-unsaturated/α-hetero) is 1. The molecule has 0 bridgehead atoms. The van der Waals surface area contributed by atoms with Crippen LogP contribution >= 0.6 is 0 Å². The maximum atomic E-state index is 11.9. The number of nitrogens with two attached hydrogens (primary N) is 1. The van der Waals surface area contributed by atoms with E-state index in [1.807, 2.05) is 24.3 Å². The van der Waals surface area contributed by atoms with Crippen LogP contribution in [-0.2, 0) is 0 Å². The summed E-state index contributed by atoms with van der Waals surface area (Å²) >= 11 is 0. The first kappa shape index (κ1) is 14.0. The number of rotatable bonds is 4. The van der Waals surface area contributed by atoms with Gasteiger partial charge in [0.25, 0.3) is 0 Å². The van der Waals surface area contributed by atoms with Crippen molar-refractivity contribution in [3.8, 4) is 0 Å². The van der Waals surface area contributed by atoms with Crippen LogP contribution in [0.1, 0.15) is 24.2 Å². The highest BCUT2D eigenvalue weighted by Crippen LogP contribution is 2.22. The molecule has 0 amide bonds. The Hall–Kier alpha value is -1.39. The lowest BCUT2D eigenvalue weighted by molar-refractivity contribution is 0.100. The van der Waals surface area contributed by atoms with Gasteiger partial charge in [-0.1, -0.05) is 12.1 Å². The highest BCUT2D eigenvalue weighted by atomic mass is 16.1. The monoisotopic (exact) mass is 261 g/mol. The molecule has 1 aliphatic heterocycles. The van der Waals surface area contributed by atoms with Gasteiger partial charge in [0.1, 0.15) is 0 Å². The molecular weight excluding hydrogens is 238 g/mol. The average Bonchev–Trinajstić information content (AvgIpc) is 2.46. The van der Waals surface area contributed by atoms with Crippen molar-refractivity contribution in [2.75, 3.05) is 37.6 Å². The van der Waals surface area contributed by atoms with Crippen molar-refractivity contribution in [3.63, 3.8) is 0 Å². The summed E-state index contributed by atoms with van der Waals surface area (Å²) in [7, 11) is 0. The van der Waals surface area contributed by atoms with Gasteiger partial charge in [-0.3, -0.25) is 9.69 Å². The number of carbonyl (C=O) groups is 1. The Kier molecular flexibility index (Phi) is 4.56. The highest BCUT2D eigenvalue weighted by molar-refractivity contribution is 6.02. The smallest absolute Gasteiger partial charge is 0.178 e. The van der Waals surface area contributed by atoms with E-state index in [-0.39, 0.29) is 12.3 Å². The van der Waals surface area contributed by atoms with E-state index in [1.54, 1.807) is 0 Å². The molecule has 104 valence electrons. The Labute approximate surface area is 115 Å². The number of piperazine rings is 1. The van der Waals surface area contributed by atoms with Gasteiger partial charge in [0.05, 0.1) is 6.54 Å². The van der Waals surface area contributed by atoms with Crippen molar-refractivity contribution in [2.24, 2.45) is 5.73 Å². The van der Waals surface area contributed by atoms with Gasteiger partial charge in [-0.05, 0) is 26.0 Å². The van der Waals surface area contributed by atoms with E-state index in [4.69, 9.17) is 5.73 Å². The van der Waals surface area contributed by atoms with E-state index in [9.17, 15) is 4.79 Å². The second kappa shape index (κ2) is 6.17. The van der Waals surface area contributed by atoms with Gasteiger partial charge >= 0.3 is 0 Å². The van der Waals surface area contributed by atoms with Crippen LogP contribution in [0.4, 0.5) is 5.69 Å². The van der Waals surface area contributed by atoms with Gasteiger partial charge in [0.2, 0.25) is 0 Å². The van der Waals surface area contributed by atoms with Crippen molar-refractivity contribution < 1.29 is 4.79 Å². The Balaban J connectivity index is 2.13. The number of benzene rings is 1. The molecule has 1 saturated heterocycles. The first-order valence-corrected chi connectivity index (χ1v) is 6.94. The number of anilines is 1. The number of hydrogen-bond acceptors (Lipinski definition) is 4. The number of nitrogens with zero attached hydrogens (tertiary/aromatic N) is 2. The summed E-state index contributed by atoms with van der Waals surface area (Å²) in [6.45, 7) is 8.54. The van der Waals surface area contributed by atoms with Crippen LogP contribution in [-0.4, -0.2) is 49.4 Å². The Morgan fingerprint density at radius 1 is 1.21 bits per heavy atom. The van der Waals surface area contributed by atoms with Crippen LogP contribution in [0.15, 0.2) is 24.3 Å². The third kappa shape index (κ3) is 3.14. The minimum atomic E-state index is 0.0156. The van der Waals surface area contributed by atoms with Gasteiger partial charge in [0.15, 0.2) is 5.78 Å². The van der Waals surface area contributed by atoms with Gasteiger partial charge < -0.3 is 10.6 Å². The number of hydrogen-bond donors (Lipinski definition) is 1. The van der Waals surface area contributed by atoms with Crippen LogP contribution in [0.5, 0.6) is 0 Å². The maximum Gasteiger partial charge on any atom is 0.178 e. The molecule has 1 aliphatic rings. The number of ketones is 1. The predicted octanol–water partition coefficient (Wildman–Crippen LogP) is 1.36. The SMILES string of the molecule is CC(C)N1CCN(c2ccccc2C(=O)CN)CC1. The predicted molar refractivity (Wildman–Crippen MR) is 78.7 cm³/mol. The Bertz CT molecular complexity index is 437. The molecule has 2 rings (SSSR count). The molecule has 1 heterocycles. The van der Waals surface area contributed by atoms with Crippen LogP contribution in [0.25, 0.3) is 0 Å². The second-order valence-corrected chi connectivity index (χ2v) is 5.26. The van der Waals surface area contributed by atoms with Gasteiger partial charge in [-0.2, -0.15) is 0 Å². The van der Waals surface area contributed by atoms with E-state index in [2.05, 4.69) is 23.6 Å². The van der Waals surface area contributed by atoms with Gasteiger partial charge in [-0.25, -0.2) is 0 Å². The van der Waals surface area contributed by atoms with Crippen molar-refractivity contribution in [1.82, 2.24) is 4.90 Å². The van der Waals surface area contributed by atoms with Crippen LogP contribution in [0.2, 0.25) is 0 Å². The Morgan fingerprint density at radius 3 is 2.42 bits per heavy atom. The molecule has 0 radical (unpaired) electrons. The lowest BCUT2D eigenvalue weighted by Gasteiger charge is -2.38. The Morgan fingerprint density at radius 2 is 1.84 bits per heavy atom. The molecule has 0 spiro atoms. The summed E-state index contributed by atoms with van der Waals surface area (Å²) in [5.74, 6) is 0.0156. The fourth-order valence-electron chi connectivity index (χ4n) is 2.57. The topological polar surface area (TPSA) is 49.6 Å². The van der Waals surface area contributed by atoms with Crippen molar-refractivity contribution in [3.05, 3.63) is 29.8 Å². The van der Waals surface area contributed by atoms with E-state index in [0.717, 1.165) is 37.4 Å². The van der Waals surface area contributed by atoms with Gasteiger partial charge in [-0.15, -0.1) is 0 Å². The van der Waals surface area contributed by atoms with Crippen molar-refractivity contribution >= 4 is 11.5 Å². The molecule has 2 N–H and O–H groups in total. The maximum absolute atomic E-state index is 11.9. The quantitative estimate of drug-likeness (QED) is 0.831. The minimum absolute atomic E-state index is 0.0156. The summed E-state index contributed by atoms with van der Waals surface area (Å²) < 4.78 is 0. The largest absolute Gasteiger partial charge is 0.368 e. The number of para-hydroxylation sites is 1. The zero-order chi connectivity index (χ0) is 13.8. The van der Waals surface area contributed by atoms with E-state index >= 15 is 0 Å². The fourth-order valence-corrected chi connectivity index (χ4v) is 2.57. The summed E-state index contributed by atoms with van der Waals surface area (Å²) in [5, 5.41) is 0. The average molecular weight is 261 g/mol. The molecule has 4 heteroatoms. The standard InChI is InChI=1S/C15H23N3O/c1-12(2)17-7-9-18(10-8-17)14-6-4-3-5-13(14)15(19)11-16/h3-6,12H,7-11,16H2,1-2H3. The molecule has 1 fully saturated rings. The molecule has 1 aromatic carbocycles. The molecule has 1 aromatic rings. The fraction of sp³-hybridized carbons (Fsp3) is 0.533. The third-order valence-corrected chi connectivity index (χ3v) is 3.78. The summed E-state index contributed by atoms with van der Waals surface area (Å²) in [4.78, 5) is 16.6. The lowest BCUT2D eigenvalue weighted by Crippen LogP contribution is -2.49.